The van der Waals surface area contributed by atoms with Crippen molar-refractivity contribution in [2.75, 3.05) is 6.61 Å². The van der Waals surface area contributed by atoms with Crippen molar-refractivity contribution < 1.29 is 22.6 Å². The summed E-state index contributed by atoms with van der Waals surface area (Å²) in [7, 11) is 1.90. The first kappa shape index (κ1) is 21.0. The second kappa shape index (κ2) is 8.12. The topological polar surface area (TPSA) is 50.4 Å². The van der Waals surface area contributed by atoms with E-state index < -0.39 is 6.36 Å². The molecule has 0 bridgehead atoms. The van der Waals surface area contributed by atoms with E-state index in [1.54, 1.807) is 0 Å². The number of hydrogen-bond donors (Lipinski definition) is 0. The van der Waals surface area contributed by atoms with E-state index in [0.29, 0.717) is 28.8 Å². The second-order valence-electron chi connectivity index (χ2n) is 7.91. The van der Waals surface area contributed by atoms with Crippen molar-refractivity contribution in [1.29, 1.82) is 0 Å². The summed E-state index contributed by atoms with van der Waals surface area (Å²) in [5.41, 5.74) is 5.75. The van der Waals surface area contributed by atoms with Crippen molar-refractivity contribution in [3.8, 4) is 5.75 Å². The number of benzene rings is 1. The lowest BCUT2D eigenvalue weighted by Gasteiger charge is -2.20. The molecule has 2 heterocycles. The van der Waals surface area contributed by atoms with Gasteiger partial charge in [-0.15, -0.1) is 13.2 Å². The Balaban J connectivity index is 1.54. The third-order valence-electron chi connectivity index (χ3n) is 5.43. The number of hydrogen-bond acceptors (Lipinski definition) is 3. The van der Waals surface area contributed by atoms with Crippen LogP contribution in [0, 0.1) is 5.92 Å². The van der Waals surface area contributed by atoms with Gasteiger partial charge in [0.05, 0.1) is 5.56 Å². The first-order valence-electron chi connectivity index (χ1n) is 10.0. The van der Waals surface area contributed by atoms with Gasteiger partial charge in [-0.3, -0.25) is 4.68 Å². The van der Waals surface area contributed by atoms with Crippen molar-refractivity contribution >= 4 is 11.6 Å². The molecular formula is C23H23F3N3O2+. The first-order chi connectivity index (χ1) is 14.7. The number of alkyl halides is 3. The molecule has 2 aliphatic rings. The van der Waals surface area contributed by atoms with Gasteiger partial charge in [-0.2, -0.15) is 5.10 Å². The minimum atomic E-state index is -4.71. The second-order valence-corrected chi connectivity index (χ2v) is 7.91. The van der Waals surface area contributed by atoms with E-state index in [0.717, 1.165) is 18.5 Å². The van der Waals surface area contributed by atoms with Gasteiger partial charge in [-0.05, 0) is 54.3 Å². The maximum atomic E-state index is 12.3. The third kappa shape index (κ3) is 4.91. The lowest BCUT2D eigenvalue weighted by atomic mass is 9.86. The molecule has 0 amide bonds. The fraction of sp³-hybridized carbons (Fsp3) is 0.348. The Bertz CT molecular complexity index is 1120. The molecule has 8 heteroatoms. The lowest BCUT2D eigenvalue weighted by Crippen LogP contribution is -2.17. The van der Waals surface area contributed by atoms with Crippen LogP contribution in [0.25, 0.3) is 0 Å². The summed E-state index contributed by atoms with van der Waals surface area (Å²) in [6.45, 7) is 4.61. The molecule has 1 aromatic heterocycles. The van der Waals surface area contributed by atoms with E-state index in [4.69, 9.17) is 4.74 Å². The maximum absolute atomic E-state index is 12.3. The minimum Gasteiger partial charge on any atom is -0.418 e. The summed E-state index contributed by atoms with van der Waals surface area (Å²) in [5.74, 6) is 0.632. The Kier molecular flexibility index (Phi) is 5.50. The first-order valence-corrected chi connectivity index (χ1v) is 10.0. The molecule has 1 aromatic carbocycles. The van der Waals surface area contributed by atoms with Crippen molar-refractivity contribution in [3.63, 3.8) is 0 Å². The average molecular weight is 430 g/mol. The molecule has 0 spiro atoms. The number of aromatic nitrogens is 2. The van der Waals surface area contributed by atoms with Gasteiger partial charge in [-0.1, -0.05) is 30.2 Å². The summed E-state index contributed by atoms with van der Waals surface area (Å²) in [4.78, 5) is 0. The molecule has 0 fully saturated rings. The van der Waals surface area contributed by atoms with Crippen molar-refractivity contribution in [2.45, 2.75) is 33.1 Å². The van der Waals surface area contributed by atoms with Crippen LogP contribution >= 0.6 is 0 Å². The summed E-state index contributed by atoms with van der Waals surface area (Å²) in [6.07, 6.45) is 1.52. The zero-order valence-corrected chi connectivity index (χ0v) is 17.5. The predicted molar refractivity (Wildman–Crippen MR) is 112 cm³/mol. The van der Waals surface area contributed by atoms with Crippen LogP contribution in [0.3, 0.4) is 0 Å². The molecule has 0 N–H and O–H groups in total. The van der Waals surface area contributed by atoms with E-state index in [9.17, 15) is 13.2 Å². The van der Waals surface area contributed by atoms with Crippen molar-refractivity contribution in [3.05, 3.63) is 70.6 Å². The maximum Gasteiger partial charge on any atom is 0.573 e. The van der Waals surface area contributed by atoms with Crippen LogP contribution in [0.15, 0.2) is 53.6 Å². The van der Waals surface area contributed by atoms with Gasteiger partial charge in [0.1, 0.15) is 5.75 Å². The SMILES string of the molecule is CC1=CC=C(Cc2cc(C3=[N+]=C(c4ccc(OC(F)(F)F)cc4)CO3)nn2C)C(C)C1. The molecular weight excluding hydrogens is 407 g/mol. The van der Waals surface area contributed by atoms with Crippen molar-refractivity contribution in [1.82, 2.24) is 14.4 Å². The van der Waals surface area contributed by atoms with Crippen LogP contribution in [0.5, 0.6) is 5.75 Å². The molecule has 0 radical (unpaired) electrons. The molecule has 0 saturated carbocycles. The Morgan fingerprint density at radius 1 is 1.23 bits per heavy atom. The van der Waals surface area contributed by atoms with E-state index in [1.165, 1.54) is 35.4 Å². The molecule has 1 unspecified atom stereocenters. The zero-order valence-electron chi connectivity index (χ0n) is 17.5. The molecule has 1 aliphatic carbocycles. The average Bonchev–Trinajstić information content (AvgIpc) is 3.31. The monoisotopic (exact) mass is 430 g/mol. The third-order valence-corrected chi connectivity index (χ3v) is 5.43. The van der Waals surface area contributed by atoms with Crippen LogP contribution < -0.4 is 9.40 Å². The molecule has 1 atom stereocenters. The van der Waals surface area contributed by atoms with Gasteiger partial charge >= 0.3 is 18.0 Å². The molecule has 31 heavy (non-hydrogen) atoms. The van der Waals surface area contributed by atoms with Gasteiger partial charge in [0.15, 0.2) is 6.61 Å². The smallest absolute Gasteiger partial charge is 0.418 e. The van der Waals surface area contributed by atoms with Gasteiger partial charge in [0.2, 0.25) is 5.69 Å². The standard InChI is InChI=1S/C23H23F3N3O2/c1-14-4-5-17(15(2)10-14)11-18-12-20(28-29(18)3)22-27-21(13-30-22)16-6-8-19(9-7-16)31-23(24,25)26/h4-9,12,15H,10-11,13H2,1-3H3/q+1. The number of nitrogens with zero attached hydrogens (tertiary/aromatic N) is 3. The van der Waals surface area contributed by atoms with E-state index in [-0.39, 0.29) is 12.4 Å². The summed E-state index contributed by atoms with van der Waals surface area (Å²) in [6, 6.07) is 7.56. The Labute approximate surface area is 178 Å². The molecule has 4 rings (SSSR count). The van der Waals surface area contributed by atoms with E-state index in [2.05, 4.69) is 40.5 Å². The van der Waals surface area contributed by atoms with Crippen LogP contribution in [0.4, 0.5) is 13.2 Å². The number of ether oxygens (including phenoxy) is 2. The molecule has 1 aliphatic heterocycles. The summed E-state index contributed by atoms with van der Waals surface area (Å²) >= 11 is 0. The van der Waals surface area contributed by atoms with Gasteiger partial charge in [0, 0.05) is 19.2 Å². The predicted octanol–water partition coefficient (Wildman–Crippen LogP) is 4.11. The van der Waals surface area contributed by atoms with Gasteiger partial charge < -0.3 is 9.47 Å². The number of halogens is 3. The van der Waals surface area contributed by atoms with Crippen LogP contribution in [-0.4, -0.2) is 34.4 Å². The molecule has 5 nitrogen and oxygen atoms in total. The lowest BCUT2D eigenvalue weighted by molar-refractivity contribution is -0.274. The molecule has 0 saturated heterocycles. The highest BCUT2D eigenvalue weighted by molar-refractivity contribution is 6.09. The van der Waals surface area contributed by atoms with E-state index in [1.807, 2.05) is 17.8 Å². The fourth-order valence-corrected chi connectivity index (χ4v) is 3.77. The van der Waals surface area contributed by atoms with Crippen LogP contribution in [-0.2, 0) is 18.2 Å². The Morgan fingerprint density at radius 3 is 2.65 bits per heavy atom. The Hall–Kier alpha value is -3.25. The fourth-order valence-electron chi connectivity index (χ4n) is 3.77. The molecule has 162 valence electrons. The van der Waals surface area contributed by atoms with Crippen LogP contribution in [0.1, 0.15) is 37.2 Å². The summed E-state index contributed by atoms with van der Waals surface area (Å²) < 4.78 is 52.9. The van der Waals surface area contributed by atoms with Gasteiger partial charge in [0.25, 0.3) is 0 Å². The number of rotatable bonds is 5. The minimum absolute atomic E-state index is 0.229. The largest absolute Gasteiger partial charge is 0.573 e. The molecule has 2 aromatic rings. The normalized spacial score (nSPS) is 18.7. The number of aryl methyl sites for hydroxylation is 1. The van der Waals surface area contributed by atoms with E-state index >= 15 is 0 Å². The van der Waals surface area contributed by atoms with Crippen molar-refractivity contribution in [2.24, 2.45) is 13.0 Å². The highest BCUT2D eigenvalue weighted by atomic mass is 19.4. The zero-order chi connectivity index (χ0) is 22.2. The number of allylic oxidation sites excluding steroid dienone is 4. The quantitative estimate of drug-likeness (QED) is 0.671. The van der Waals surface area contributed by atoms with Gasteiger partial charge in [-0.25, -0.2) is 0 Å². The highest BCUT2D eigenvalue weighted by Crippen LogP contribution is 2.27. The highest BCUT2D eigenvalue weighted by Gasteiger charge is 2.33. The Morgan fingerprint density at radius 2 is 1.97 bits per heavy atom. The summed E-state index contributed by atoms with van der Waals surface area (Å²) in [5, 5.41) is 4.54. The van der Waals surface area contributed by atoms with Crippen LogP contribution in [0.2, 0.25) is 0 Å².